The maximum absolute atomic E-state index is 5.91. The third-order valence-corrected chi connectivity index (χ3v) is 2.78. The van der Waals surface area contributed by atoms with Gasteiger partial charge in [-0.15, -0.1) is 12.4 Å². The summed E-state index contributed by atoms with van der Waals surface area (Å²) in [5.74, 6) is 1.71. The molecule has 1 aromatic carbocycles. The molecule has 0 bridgehead atoms. The summed E-state index contributed by atoms with van der Waals surface area (Å²) in [5.41, 5.74) is 7.00. The molecule has 1 aliphatic rings. The molecule has 1 aliphatic heterocycles. The van der Waals surface area contributed by atoms with Gasteiger partial charge >= 0.3 is 0 Å². The van der Waals surface area contributed by atoms with E-state index in [0.29, 0.717) is 13.2 Å². The monoisotopic (exact) mass is 286 g/mol. The van der Waals surface area contributed by atoms with Crippen molar-refractivity contribution in [2.75, 3.05) is 26.3 Å². The SMILES string of the molecule is CC(C)(N)CNCCc1ccc2c(c1)OCCO2.Cl. The fourth-order valence-corrected chi connectivity index (χ4v) is 1.89. The summed E-state index contributed by atoms with van der Waals surface area (Å²) in [6.07, 6.45) is 0.965. The predicted molar refractivity (Wildman–Crippen MR) is 79.5 cm³/mol. The van der Waals surface area contributed by atoms with Crippen molar-refractivity contribution in [1.29, 1.82) is 0 Å². The van der Waals surface area contributed by atoms with E-state index in [1.165, 1.54) is 5.56 Å². The van der Waals surface area contributed by atoms with Gasteiger partial charge in [-0.2, -0.15) is 0 Å². The van der Waals surface area contributed by atoms with Crippen molar-refractivity contribution >= 4 is 12.4 Å². The molecule has 2 rings (SSSR count). The minimum atomic E-state index is -0.160. The molecule has 0 radical (unpaired) electrons. The average Bonchev–Trinajstić information content (AvgIpc) is 2.33. The average molecular weight is 287 g/mol. The van der Waals surface area contributed by atoms with Crippen molar-refractivity contribution in [2.45, 2.75) is 25.8 Å². The summed E-state index contributed by atoms with van der Waals surface area (Å²) in [7, 11) is 0. The smallest absolute Gasteiger partial charge is 0.161 e. The number of fused-ring (bicyclic) bond motifs is 1. The Balaban J connectivity index is 0.00000180. The number of nitrogens with two attached hydrogens (primary N) is 1. The number of ether oxygens (including phenoxy) is 2. The van der Waals surface area contributed by atoms with Gasteiger partial charge in [0.15, 0.2) is 11.5 Å². The van der Waals surface area contributed by atoms with Crippen LogP contribution >= 0.6 is 12.4 Å². The molecule has 0 spiro atoms. The van der Waals surface area contributed by atoms with E-state index < -0.39 is 0 Å². The summed E-state index contributed by atoms with van der Waals surface area (Å²) in [4.78, 5) is 0. The normalized spacial score (nSPS) is 13.8. The Morgan fingerprint density at radius 1 is 1.21 bits per heavy atom. The molecular formula is C14H23ClN2O2. The van der Waals surface area contributed by atoms with Gasteiger partial charge in [-0.3, -0.25) is 0 Å². The quantitative estimate of drug-likeness (QED) is 0.810. The lowest BCUT2D eigenvalue weighted by molar-refractivity contribution is 0.171. The summed E-state index contributed by atoms with van der Waals surface area (Å²) in [6.45, 7) is 7.04. The highest BCUT2D eigenvalue weighted by Gasteiger charge is 2.12. The van der Waals surface area contributed by atoms with Gasteiger partial charge in [0.1, 0.15) is 13.2 Å². The Morgan fingerprint density at radius 2 is 1.89 bits per heavy atom. The first-order valence-corrected chi connectivity index (χ1v) is 6.43. The Hall–Kier alpha value is -0.970. The zero-order valence-electron chi connectivity index (χ0n) is 11.6. The van der Waals surface area contributed by atoms with Crippen LogP contribution < -0.4 is 20.5 Å². The summed E-state index contributed by atoms with van der Waals surface area (Å²) >= 11 is 0. The highest BCUT2D eigenvalue weighted by Crippen LogP contribution is 2.30. The molecule has 0 saturated carbocycles. The first-order valence-electron chi connectivity index (χ1n) is 6.43. The highest BCUT2D eigenvalue weighted by molar-refractivity contribution is 5.85. The van der Waals surface area contributed by atoms with Crippen molar-refractivity contribution in [3.8, 4) is 11.5 Å². The van der Waals surface area contributed by atoms with E-state index in [4.69, 9.17) is 15.2 Å². The summed E-state index contributed by atoms with van der Waals surface area (Å²) in [5, 5.41) is 3.36. The number of rotatable bonds is 5. The van der Waals surface area contributed by atoms with E-state index in [9.17, 15) is 0 Å². The largest absolute Gasteiger partial charge is 0.486 e. The minimum absolute atomic E-state index is 0. The number of hydrogen-bond donors (Lipinski definition) is 2. The van der Waals surface area contributed by atoms with Crippen LogP contribution in [0.5, 0.6) is 11.5 Å². The molecule has 0 atom stereocenters. The summed E-state index contributed by atoms with van der Waals surface area (Å²) in [6, 6.07) is 6.13. The van der Waals surface area contributed by atoms with Gasteiger partial charge in [0, 0.05) is 12.1 Å². The van der Waals surface area contributed by atoms with Gasteiger partial charge in [-0.05, 0) is 44.5 Å². The van der Waals surface area contributed by atoms with Crippen LogP contribution in [0.15, 0.2) is 18.2 Å². The van der Waals surface area contributed by atoms with E-state index in [2.05, 4.69) is 17.4 Å². The third-order valence-electron chi connectivity index (χ3n) is 2.78. The molecule has 3 N–H and O–H groups in total. The van der Waals surface area contributed by atoms with Crippen LogP contribution in [-0.4, -0.2) is 31.8 Å². The van der Waals surface area contributed by atoms with Gasteiger partial charge in [0.05, 0.1) is 0 Å². The lowest BCUT2D eigenvalue weighted by atomic mass is 10.1. The molecular weight excluding hydrogens is 264 g/mol. The van der Waals surface area contributed by atoms with Crippen LogP contribution in [0.4, 0.5) is 0 Å². The Kier molecular flexibility index (Phi) is 5.91. The Labute approximate surface area is 121 Å². The van der Waals surface area contributed by atoms with E-state index in [-0.39, 0.29) is 17.9 Å². The first-order chi connectivity index (χ1) is 8.54. The van der Waals surface area contributed by atoms with Crippen molar-refractivity contribution in [1.82, 2.24) is 5.32 Å². The maximum Gasteiger partial charge on any atom is 0.161 e. The standard InChI is InChI=1S/C14H22N2O2.ClH/c1-14(2,15)10-16-6-5-11-3-4-12-13(9-11)18-8-7-17-12;/h3-4,9,16H,5-8,10,15H2,1-2H3;1H. The van der Waals surface area contributed by atoms with Crippen molar-refractivity contribution in [2.24, 2.45) is 5.73 Å². The fourth-order valence-electron chi connectivity index (χ4n) is 1.89. The molecule has 1 aromatic rings. The van der Waals surface area contributed by atoms with E-state index in [1.807, 2.05) is 19.9 Å². The molecule has 5 heteroatoms. The van der Waals surface area contributed by atoms with Gasteiger partial charge < -0.3 is 20.5 Å². The first kappa shape index (κ1) is 16.1. The van der Waals surface area contributed by atoms with E-state index in [0.717, 1.165) is 31.0 Å². The third kappa shape index (κ3) is 5.27. The Morgan fingerprint density at radius 3 is 2.58 bits per heavy atom. The number of nitrogens with one attached hydrogen (secondary N) is 1. The number of benzene rings is 1. The molecule has 4 nitrogen and oxygen atoms in total. The van der Waals surface area contributed by atoms with Crippen LogP contribution in [0.3, 0.4) is 0 Å². The van der Waals surface area contributed by atoms with Crippen LogP contribution in [-0.2, 0) is 6.42 Å². The van der Waals surface area contributed by atoms with Crippen LogP contribution in [0.25, 0.3) is 0 Å². The minimum Gasteiger partial charge on any atom is -0.486 e. The molecule has 0 aliphatic carbocycles. The predicted octanol–water partition coefficient (Wildman–Crippen LogP) is 1.75. The maximum atomic E-state index is 5.91. The van der Waals surface area contributed by atoms with Crippen molar-refractivity contribution < 1.29 is 9.47 Å². The Bertz CT molecular complexity index is 405. The molecule has 0 aromatic heterocycles. The van der Waals surface area contributed by atoms with Gasteiger partial charge in [0.2, 0.25) is 0 Å². The molecule has 19 heavy (non-hydrogen) atoms. The fraction of sp³-hybridized carbons (Fsp3) is 0.571. The zero-order valence-corrected chi connectivity index (χ0v) is 12.4. The second-order valence-corrected chi connectivity index (χ2v) is 5.39. The van der Waals surface area contributed by atoms with Crippen LogP contribution in [0, 0.1) is 0 Å². The highest BCUT2D eigenvalue weighted by atomic mass is 35.5. The molecule has 1 heterocycles. The number of halogens is 1. The second kappa shape index (κ2) is 6.98. The van der Waals surface area contributed by atoms with Crippen molar-refractivity contribution in [3.05, 3.63) is 23.8 Å². The lowest BCUT2D eigenvalue weighted by Crippen LogP contribution is -2.43. The molecule has 0 saturated heterocycles. The van der Waals surface area contributed by atoms with Gasteiger partial charge in [-0.1, -0.05) is 6.07 Å². The second-order valence-electron chi connectivity index (χ2n) is 5.39. The topological polar surface area (TPSA) is 56.5 Å². The van der Waals surface area contributed by atoms with E-state index >= 15 is 0 Å². The number of hydrogen-bond acceptors (Lipinski definition) is 4. The molecule has 0 unspecified atom stereocenters. The molecule has 0 fully saturated rings. The molecule has 108 valence electrons. The zero-order chi connectivity index (χ0) is 13.0. The van der Waals surface area contributed by atoms with E-state index in [1.54, 1.807) is 0 Å². The summed E-state index contributed by atoms with van der Waals surface area (Å²) < 4.78 is 11.1. The van der Waals surface area contributed by atoms with Gasteiger partial charge in [-0.25, -0.2) is 0 Å². The van der Waals surface area contributed by atoms with Gasteiger partial charge in [0.25, 0.3) is 0 Å². The molecule has 0 amide bonds. The van der Waals surface area contributed by atoms with Crippen molar-refractivity contribution in [3.63, 3.8) is 0 Å². The van der Waals surface area contributed by atoms with Crippen LogP contribution in [0.1, 0.15) is 19.4 Å². The lowest BCUT2D eigenvalue weighted by Gasteiger charge is -2.20. The van der Waals surface area contributed by atoms with Crippen LogP contribution in [0.2, 0.25) is 0 Å².